The molecule has 0 heterocycles. The van der Waals surface area contributed by atoms with Crippen LogP contribution in [0.25, 0.3) is 0 Å². The molecule has 13 heavy (non-hydrogen) atoms. The van der Waals surface area contributed by atoms with E-state index in [0.717, 1.165) is 0 Å². The molecule has 0 N–H and O–H groups in total. The largest absolute Gasteiger partial charge is 0.0654 e. The number of rotatable bonds is 3. The summed E-state index contributed by atoms with van der Waals surface area (Å²) in [6, 6.07) is 4.52. The highest BCUT2D eigenvalue weighted by Crippen LogP contribution is 2.22. The fraction of sp³-hybridized carbons (Fsp3) is 0.500. The van der Waals surface area contributed by atoms with Gasteiger partial charge in [-0.1, -0.05) is 35.3 Å². The van der Waals surface area contributed by atoms with Gasteiger partial charge in [0.15, 0.2) is 0 Å². The number of aryl methyl sites for hydroxylation is 3. The normalized spacial score (nSPS) is 10.5. The van der Waals surface area contributed by atoms with Crippen LogP contribution in [0.4, 0.5) is 0 Å². The third-order valence-electron chi connectivity index (χ3n) is 2.42. The number of unbranched alkanes of at least 4 members (excludes halogenated alkanes) is 1. The van der Waals surface area contributed by atoms with Gasteiger partial charge in [0.1, 0.15) is 0 Å². The average molecular weight is 241 g/mol. The molecule has 1 aromatic carbocycles. The van der Waals surface area contributed by atoms with E-state index in [1.54, 1.807) is 0 Å². The van der Waals surface area contributed by atoms with E-state index in [1.165, 1.54) is 40.4 Å². The van der Waals surface area contributed by atoms with Crippen molar-refractivity contribution < 1.29 is 0 Å². The summed E-state index contributed by atoms with van der Waals surface area (Å²) in [6.45, 7) is 6.58. The molecule has 0 fully saturated rings. The van der Waals surface area contributed by atoms with Crippen LogP contribution in [-0.2, 0) is 6.42 Å². The third kappa shape index (κ3) is 2.84. The lowest BCUT2D eigenvalue weighted by Crippen LogP contribution is -1.91. The zero-order valence-electron chi connectivity index (χ0n) is 8.65. The molecule has 0 atom stereocenters. The highest BCUT2D eigenvalue weighted by Gasteiger charge is 2.01. The predicted octanol–water partition coefficient (Wildman–Crippen LogP) is 4.41. The monoisotopic (exact) mass is 240 g/mol. The minimum absolute atomic E-state index is 1.22. The number of benzene rings is 1. The van der Waals surface area contributed by atoms with Crippen molar-refractivity contribution in [2.24, 2.45) is 0 Å². The summed E-state index contributed by atoms with van der Waals surface area (Å²) in [6.07, 6.45) is 3.78. The zero-order chi connectivity index (χ0) is 9.84. The van der Waals surface area contributed by atoms with Crippen LogP contribution in [0.5, 0.6) is 0 Å². The lowest BCUT2D eigenvalue weighted by molar-refractivity contribution is 0.790. The SMILES string of the molecule is CCCCc1cc(C)c(Br)cc1C. The van der Waals surface area contributed by atoms with Gasteiger partial charge in [-0.3, -0.25) is 0 Å². The summed E-state index contributed by atoms with van der Waals surface area (Å²) >= 11 is 3.55. The number of hydrogen-bond acceptors (Lipinski definition) is 0. The van der Waals surface area contributed by atoms with Crippen LogP contribution in [0.2, 0.25) is 0 Å². The maximum atomic E-state index is 3.55. The Labute approximate surface area is 89.5 Å². The van der Waals surface area contributed by atoms with Gasteiger partial charge in [0.05, 0.1) is 0 Å². The van der Waals surface area contributed by atoms with Crippen LogP contribution in [0.1, 0.15) is 36.5 Å². The topological polar surface area (TPSA) is 0 Å². The Morgan fingerprint density at radius 1 is 1.15 bits per heavy atom. The molecule has 0 aliphatic carbocycles. The Morgan fingerprint density at radius 3 is 2.46 bits per heavy atom. The van der Waals surface area contributed by atoms with Crippen molar-refractivity contribution >= 4 is 15.9 Å². The summed E-state index contributed by atoms with van der Waals surface area (Å²) in [7, 11) is 0. The summed E-state index contributed by atoms with van der Waals surface area (Å²) < 4.78 is 1.23. The van der Waals surface area contributed by atoms with Crippen LogP contribution >= 0.6 is 15.9 Å². The zero-order valence-corrected chi connectivity index (χ0v) is 10.2. The van der Waals surface area contributed by atoms with Gasteiger partial charge in [-0.25, -0.2) is 0 Å². The lowest BCUT2D eigenvalue weighted by Gasteiger charge is -2.08. The molecule has 1 aromatic rings. The highest BCUT2D eigenvalue weighted by atomic mass is 79.9. The Balaban J connectivity index is 2.88. The van der Waals surface area contributed by atoms with Crippen LogP contribution in [0.15, 0.2) is 16.6 Å². The van der Waals surface area contributed by atoms with E-state index < -0.39 is 0 Å². The van der Waals surface area contributed by atoms with Gasteiger partial charge in [0.25, 0.3) is 0 Å². The van der Waals surface area contributed by atoms with Crippen molar-refractivity contribution in [3.8, 4) is 0 Å². The second-order valence-corrected chi connectivity index (χ2v) is 4.49. The predicted molar refractivity (Wildman–Crippen MR) is 62.2 cm³/mol. The second kappa shape index (κ2) is 4.80. The highest BCUT2D eigenvalue weighted by molar-refractivity contribution is 9.10. The first kappa shape index (κ1) is 10.8. The van der Waals surface area contributed by atoms with E-state index in [9.17, 15) is 0 Å². The fourth-order valence-electron chi connectivity index (χ4n) is 1.48. The van der Waals surface area contributed by atoms with Crippen molar-refractivity contribution in [3.05, 3.63) is 33.3 Å². The molecule has 0 unspecified atom stereocenters. The fourth-order valence-corrected chi connectivity index (χ4v) is 1.94. The molecule has 0 amide bonds. The van der Waals surface area contributed by atoms with E-state index >= 15 is 0 Å². The summed E-state index contributed by atoms with van der Waals surface area (Å²) in [5.41, 5.74) is 4.25. The molecule has 0 aromatic heterocycles. The van der Waals surface area contributed by atoms with Gasteiger partial charge in [-0.2, -0.15) is 0 Å². The van der Waals surface area contributed by atoms with Crippen molar-refractivity contribution in [3.63, 3.8) is 0 Å². The van der Waals surface area contributed by atoms with Gasteiger partial charge < -0.3 is 0 Å². The molecular weight excluding hydrogens is 224 g/mol. The first-order valence-electron chi connectivity index (χ1n) is 4.90. The molecule has 0 nitrogen and oxygen atoms in total. The van der Waals surface area contributed by atoms with E-state index in [4.69, 9.17) is 0 Å². The maximum absolute atomic E-state index is 3.55. The van der Waals surface area contributed by atoms with Gasteiger partial charge >= 0.3 is 0 Å². The van der Waals surface area contributed by atoms with Crippen LogP contribution in [-0.4, -0.2) is 0 Å². The average Bonchev–Trinajstić information content (AvgIpc) is 2.09. The minimum atomic E-state index is 1.22. The first-order chi connectivity index (χ1) is 6.15. The molecular formula is C12H17Br. The third-order valence-corrected chi connectivity index (χ3v) is 3.27. The van der Waals surface area contributed by atoms with Gasteiger partial charge in [0, 0.05) is 4.47 Å². The summed E-state index contributed by atoms with van der Waals surface area (Å²) in [5, 5.41) is 0. The Bertz CT molecular complexity index is 289. The van der Waals surface area contributed by atoms with Crippen LogP contribution in [0, 0.1) is 13.8 Å². The van der Waals surface area contributed by atoms with E-state index in [1.807, 2.05) is 0 Å². The van der Waals surface area contributed by atoms with Crippen molar-refractivity contribution in [2.75, 3.05) is 0 Å². The molecule has 0 aliphatic heterocycles. The molecule has 0 bridgehead atoms. The quantitative estimate of drug-likeness (QED) is 0.735. The number of hydrogen-bond donors (Lipinski definition) is 0. The molecule has 1 rings (SSSR count). The molecule has 72 valence electrons. The Morgan fingerprint density at radius 2 is 1.85 bits per heavy atom. The smallest absolute Gasteiger partial charge is 0.0207 e. The van der Waals surface area contributed by atoms with E-state index in [2.05, 4.69) is 48.8 Å². The Kier molecular flexibility index (Phi) is 3.98. The summed E-state index contributed by atoms with van der Waals surface area (Å²) in [4.78, 5) is 0. The molecule has 0 aliphatic rings. The lowest BCUT2D eigenvalue weighted by atomic mass is 10.0. The summed E-state index contributed by atoms with van der Waals surface area (Å²) in [5.74, 6) is 0. The molecule has 0 saturated heterocycles. The van der Waals surface area contributed by atoms with Gasteiger partial charge in [-0.15, -0.1) is 0 Å². The second-order valence-electron chi connectivity index (χ2n) is 3.63. The molecule has 0 radical (unpaired) electrons. The van der Waals surface area contributed by atoms with Crippen molar-refractivity contribution in [2.45, 2.75) is 40.0 Å². The first-order valence-corrected chi connectivity index (χ1v) is 5.70. The van der Waals surface area contributed by atoms with E-state index in [0.29, 0.717) is 0 Å². The number of halogens is 1. The van der Waals surface area contributed by atoms with Crippen molar-refractivity contribution in [1.29, 1.82) is 0 Å². The molecule has 1 heteroatoms. The van der Waals surface area contributed by atoms with E-state index in [-0.39, 0.29) is 0 Å². The van der Waals surface area contributed by atoms with Crippen molar-refractivity contribution in [1.82, 2.24) is 0 Å². The van der Waals surface area contributed by atoms with Crippen LogP contribution in [0.3, 0.4) is 0 Å². The molecule has 0 spiro atoms. The maximum Gasteiger partial charge on any atom is 0.0207 e. The minimum Gasteiger partial charge on any atom is -0.0654 e. The molecule has 0 saturated carbocycles. The van der Waals surface area contributed by atoms with Gasteiger partial charge in [-0.05, 0) is 49.4 Å². The standard InChI is InChI=1S/C12H17Br/c1-4-5-6-11-7-10(3)12(13)8-9(11)2/h7-8H,4-6H2,1-3H3. The Hall–Kier alpha value is -0.300. The van der Waals surface area contributed by atoms with Gasteiger partial charge in [0.2, 0.25) is 0 Å². The van der Waals surface area contributed by atoms with Crippen LogP contribution < -0.4 is 0 Å².